The standard InChI is InChI=1S/C24H35NO4/c1-13(2)10-18-22-16(5)15(4)12-17-11-14(3)6-7-19(26)20(27)8-9-21(28)24(17,22)23(29)25-18/h8-9,11-13,16-20,22,26-27H,6-7,10H2,1-5H3,(H,25,29)/b9-8+,14-11+/t16-,17+,18+,19-,20+,22+,24-/m1/s1. The molecule has 0 aromatic rings. The number of nitrogens with one attached hydrogen (secondary N) is 1. The molecule has 0 aromatic heterocycles. The van der Waals surface area contributed by atoms with E-state index in [-0.39, 0.29) is 35.5 Å². The Morgan fingerprint density at radius 2 is 1.90 bits per heavy atom. The molecule has 5 heteroatoms. The number of carbonyl (C=O) groups excluding carboxylic acids is 2. The summed E-state index contributed by atoms with van der Waals surface area (Å²) in [5, 5.41) is 23.6. The third-order valence-corrected chi connectivity index (χ3v) is 7.15. The van der Waals surface area contributed by atoms with Gasteiger partial charge in [-0.05, 0) is 51.0 Å². The van der Waals surface area contributed by atoms with E-state index in [2.05, 4.69) is 39.1 Å². The molecule has 1 fully saturated rings. The van der Waals surface area contributed by atoms with Crippen LogP contribution in [0, 0.1) is 29.1 Å². The molecule has 3 N–H and O–H groups in total. The summed E-state index contributed by atoms with van der Waals surface area (Å²) in [6.07, 6.45) is 6.60. The maximum absolute atomic E-state index is 13.6. The van der Waals surface area contributed by atoms with Gasteiger partial charge >= 0.3 is 0 Å². The van der Waals surface area contributed by atoms with Crippen LogP contribution in [0.15, 0.2) is 35.5 Å². The monoisotopic (exact) mass is 401 g/mol. The normalized spacial score (nSPS) is 43.4. The summed E-state index contributed by atoms with van der Waals surface area (Å²) in [4.78, 5) is 27.1. The Labute approximate surface area is 174 Å². The van der Waals surface area contributed by atoms with E-state index >= 15 is 0 Å². The van der Waals surface area contributed by atoms with Crippen LogP contribution >= 0.6 is 0 Å². The molecule has 1 spiro atoms. The van der Waals surface area contributed by atoms with E-state index in [0.717, 1.165) is 12.0 Å². The molecule has 0 unspecified atom stereocenters. The Kier molecular flexibility index (Phi) is 6.21. The summed E-state index contributed by atoms with van der Waals surface area (Å²) in [7, 11) is 0. The zero-order valence-corrected chi connectivity index (χ0v) is 18.2. The maximum atomic E-state index is 13.6. The molecule has 1 aliphatic heterocycles. The Balaban J connectivity index is 2.20. The van der Waals surface area contributed by atoms with Crippen molar-refractivity contribution in [1.82, 2.24) is 5.32 Å². The van der Waals surface area contributed by atoms with Crippen LogP contribution in [0.1, 0.15) is 53.9 Å². The molecule has 29 heavy (non-hydrogen) atoms. The first-order chi connectivity index (χ1) is 13.6. The molecule has 3 rings (SSSR count). The third-order valence-electron chi connectivity index (χ3n) is 7.15. The minimum atomic E-state index is -1.20. The summed E-state index contributed by atoms with van der Waals surface area (Å²) in [6, 6.07) is -0.0599. The van der Waals surface area contributed by atoms with Crippen molar-refractivity contribution in [1.29, 1.82) is 0 Å². The number of aliphatic hydroxyl groups is 2. The van der Waals surface area contributed by atoms with Crippen LogP contribution in [0.3, 0.4) is 0 Å². The summed E-state index contributed by atoms with van der Waals surface area (Å²) in [6.45, 7) is 10.4. The van der Waals surface area contributed by atoms with E-state index < -0.39 is 17.6 Å². The SMILES string of the molecule is CC1=C[C@@H]2/C=C(\C)CC[C@@H](O)[C@@H](O)/C=C/C(=O)[C@]23C(=O)N[C@@H](CC(C)C)[C@@H]3[C@@H]1C. The van der Waals surface area contributed by atoms with Crippen molar-refractivity contribution in [2.75, 3.05) is 0 Å². The Bertz CT molecular complexity index is 765. The first-order valence-corrected chi connectivity index (χ1v) is 10.8. The molecule has 2 aliphatic carbocycles. The van der Waals surface area contributed by atoms with Gasteiger partial charge in [0.1, 0.15) is 5.41 Å². The number of hydrogen-bond donors (Lipinski definition) is 3. The number of carbonyl (C=O) groups is 2. The highest BCUT2D eigenvalue weighted by molar-refractivity contribution is 6.13. The fraction of sp³-hybridized carbons (Fsp3) is 0.667. The average molecular weight is 402 g/mol. The van der Waals surface area contributed by atoms with Crippen molar-refractivity contribution in [2.24, 2.45) is 29.1 Å². The molecule has 3 aliphatic rings. The van der Waals surface area contributed by atoms with Crippen molar-refractivity contribution < 1.29 is 19.8 Å². The van der Waals surface area contributed by atoms with Gasteiger partial charge in [-0.1, -0.05) is 50.1 Å². The van der Waals surface area contributed by atoms with Gasteiger partial charge in [0.2, 0.25) is 5.91 Å². The first kappa shape index (κ1) is 22.0. The van der Waals surface area contributed by atoms with Crippen molar-refractivity contribution in [3.8, 4) is 0 Å². The third kappa shape index (κ3) is 3.75. The van der Waals surface area contributed by atoms with Gasteiger partial charge in [0.25, 0.3) is 0 Å². The van der Waals surface area contributed by atoms with Crippen LogP contribution in [-0.4, -0.2) is 40.2 Å². The van der Waals surface area contributed by atoms with E-state index in [1.165, 1.54) is 17.7 Å². The lowest BCUT2D eigenvalue weighted by Gasteiger charge is -2.44. The van der Waals surface area contributed by atoms with Crippen molar-refractivity contribution in [3.05, 3.63) is 35.5 Å². The predicted octanol–water partition coefficient (Wildman–Crippen LogP) is 2.93. The number of allylic oxidation sites excluding steroid dienone is 5. The minimum absolute atomic E-state index is 0.0599. The Hall–Kier alpha value is -1.72. The summed E-state index contributed by atoms with van der Waals surface area (Å²) in [5.41, 5.74) is 1.02. The van der Waals surface area contributed by atoms with E-state index in [1.54, 1.807) is 0 Å². The summed E-state index contributed by atoms with van der Waals surface area (Å²) in [5.74, 6) is -0.455. The fourth-order valence-corrected chi connectivity index (χ4v) is 5.53. The second-order valence-corrected chi connectivity index (χ2v) is 9.66. The Morgan fingerprint density at radius 3 is 2.55 bits per heavy atom. The molecular weight excluding hydrogens is 366 g/mol. The highest BCUT2D eigenvalue weighted by Gasteiger charge is 2.64. The first-order valence-electron chi connectivity index (χ1n) is 10.8. The molecule has 0 radical (unpaired) electrons. The van der Waals surface area contributed by atoms with Gasteiger partial charge in [0, 0.05) is 17.9 Å². The predicted molar refractivity (Wildman–Crippen MR) is 113 cm³/mol. The van der Waals surface area contributed by atoms with Gasteiger partial charge in [-0.3, -0.25) is 9.59 Å². The molecular formula is C24H35NO4. The van der Waals surface area contributed by atoms with Crippen LogP contribution in [0.5, 0.6) is 0 Å². The molecule has 1 saturated heterocycles. The number of hydrogen-bond acceptors (Lipinski definition) is 4. The second-order valence-electron chi connectivity index (χ2n) is 9.66. The lowest BCUT2D eigenvalue weighted by atomic mass is 9.55. The van der Waals surface area contributed by atoms with Crippen LogP contribution in [0.2, 0.25) is 0 Å². The molecule has 7 atom stereocenters. The van der Waals surface area contributed by atoms with Crippen LogP contribution in [0.4, 0.5) is 0 Å². The van der Waals surface area contributed by atoms with Gasteiger partial charge in [0.15, 0.2) is 5.78 Å². The van der Waals surface area contributed by atoms with Gasteiger partial charge in [0.05, 0.1) is 12.2 Å². The van der Waals surface area contributed by atoms with E-state index in [4.69, 9.17) is 0 Å². The maximum Gasteiger partial charge on any atom is 0.235 e. The largest absolute Gasteiger partial charge is 0.390 e. The average Bonchev–Trinajstić information content (AvgIpc) is 2.93. The van der Waals surface area contributed by atoms with Crippen LogP contribution in [0.25, 0.3) is 0 Å². The quantitative estimate of drug-likeness (QED) is 0.490. The molecule has 1 heterocycles. The summed E-state index contributed by atoms with van der Waals surface area (Å²) >= 11 is 0. The molecule has 0 bridgehead atoms. The van der Waals surface area contributed by atoms with Crippen molar-refractivity contribution in [3.63, 3.8) is 0 Å². The number of amides is 1. The zero-order valence-electron chi connectivity index (χ0n) is 18.2. The van der Waals surface area contributed by atoms with Gasteiger partial charge in [-0.2, -0.15) is 0 Å². The topological polar surface area (TPSA) is 86.6 Å². The number of ketones is 1. The van der Waals surface area contributed by atoms with E-state index in [1.807, 2.05) is 13.0 Å². The lowest BCUT2D eigenvalue weighted by Crippen LogP contribution is -2.51. The summed E-state index contributed by atoms with van der Waals surface area (Å²) < 4.78 is 0. The zero-order chi connectivity index (χ0) is 21.5. The fourth-order valence-electron chi connectivity index (χ4n) is 5.53. The lowest BCUT2D eigenvalue weighted by molar-refractivity contribution is -0.142. The van der Waals surface area contributed by atoms with E-state index in [0.29, 0.717) is 18.8 Å². The van der Waals surface area contributed by atoms with Crippen LogP contribution in [-0.2, 0) is 9.59 Å². The number of rotatable bonds is 2. The van der Waals surface area contributed by atoms with E-state index in [9.17, 15) is 19.8 Å². The second kappa shape index (κ2) is 8.19. The smallest absolute Gasteiger partial charge is 0.235 e. The molecule has 0 aromatic carbocycles. The molecule has 1 amide bonds. The van der Waals surface area contributed by atoms with Crippen LogP contribution < -0.4 is 5.32 Å². The molecule has 160 valence electrons. The number of aliphatic hydroxyl groups excluding tert-OH is 2. The minimum Gasteiger partial charge on any atom is -0.390 e. The highest BCUT2D eigenvalue weighted by atomic mass is 16.3. The Morgan fingerprint density at radius 1 is 1.21 bits per heavy atom. The van der Waals surface area contributed by atoms with Crippen molar-refractivity contribution >= 4 is 11.7 Å². The van der Waals surface area contributed by atoms with Crippen molar-refractivity contribution in [2.45, 2.75) is 72.1 Å². The molecule has 0 saturated carbocycles. The van der Waals surface area contributed by atoms with Gasteiger partial charge in [-0.15, -0.1) is 0 Å². The van der Waals surface area contributed by atoms with Gasteiger partial charge in [-0.25, -0.2) is 0 Å². The highest BCUT2D eigenvalue weighted by Crippen LogP contribution is 2.55. The van der Waals surface area contributed by atoms with Gasteiger partial charge < -0.3 is 15.5 Å². The molecule has 5 nitrogen and oxygen atoms in total.